The van der Waals surface area contributed by atoms with Crippen molar-refractivity contribution in [2.24, 2.45) is 0 Å². The number of nitrogens with zero attached hydrogens (tertiary/aromatic N) is 5. The molecule has 0 spiro atoms. The van der Waals surface area contributed by atoms with Gasteiger partial charge in [-0.25, -0.2) is 4.98 Å². The number of aromatic nitrogens is 5. The standard InChI is InChI=1S/C34H24N4.C31H21N/c1-23-35-33(26-15-9-4-10-16-26)37-34(36-23)38-31-19-17-27(24-11-5-2-6-12-24)21-29(31)30-22-28(18-20-32(30)38)25-13-7-3-8-14-25;1-3-12-22(13-4-1)31(23-14-5-2-6-15-23)26-18-8-10-21-29(26)32-28-20-9-7-16-24(28)25-17-11-19-27(31)30(25)32/h2-22H,1H3;1-21H. The highest BCUT2D eigenvalue weighted by Gasteiger charge is 2.45. The van der Waals surface area contributed by atoms with Crippen LogP contribution in [-0.4, -0.2) is 24.1 Å². The second-order valence-corrected chi connectivity index (χ2v) is 18.0. The van der Waals surface area contributed by atoms with E-state index in [9.17, 15) is 0 Å². The lowest BCUT2D eigenvalue weighted by Gasteiger charge is -2.41. The summed E-state index contributed by atoms with van der Waals surface area (Å²) >= 11 is 0. The molecule has 0 saturated carbocycles. The molecule has 0 radical (unpaired) electrons. The monoisotopic (exact) mass is 895 g/mol. The highest BCUT2D eigenvalue weighted by atomic mass is 15.2. The normalized spacial score (nSPS) is 12.5. The van der Waals surface area contributed by atoms with Crippen molar-refractivity contribution in [3.63, 3.8) is 0 Å². The van der Waals surface area contributed by atoms with Gasteiger partial charge in [0.2, 0.25) is 5.95 Å². The average molecular weight is 896 g/mol. The van der Waals surface area contributed by atoms with E-state index in [0.29, 0.717) is 17.6 Å². The number of benzene rings is 10. The molecule has 0 amide bonds. The molecular weight excluding hydrogens is 851 g/mol. The quantitative estimate of drug-likeness (QED) is 0.167. The molecule has 0 bridgehead atoms. The molecule has 1 aliphatic heterocycles. The van der Waals surface area contributed by atoms with Crippen LogP contribution in [0.1, 0.15) is 28.1 Å². The van der Waals surface area contributed by atoms with Crippen LogP contribution < -0.4 is 0 Å². The number of para-hydroxylation sites is 3. The van der Waals surface area contributed by atoms with Crippen LogP contribution in [0, 0.1) is 6.92 Å². The second-order valence-electron chi connectivity index (χ2n) is 18.0. The third-order valence-electron chi connectivity index (χ3n) is 14.0. The van der Waals surface area contributed by atoms with Crippen molar-refractivity contribution < 1.29 is 0 Å². The molecule has 0 fully saturated rings. The van der Waals surface area contributed by atoms with Crippen molar-refractivity contribution >= 4 is 43.6 Å². The molecule has 330 valence electrons. The van der Waals surface area contributed by atoms with Crippen molar-refractivity contribution in [1.29, 1.82) is 0 Å². The van der Waals surface area contributed by atoms with E-state index in [2.05, 4.69) is 226 Å². The number of hydrogen-bond acceptors (Lipinski definition) is 3. The zero-order chi connectivity index (χ0) is 46.6. The molecular formula is C65H45N5. The van der Waals surface area contributed by atoms with Crippen LogP contribution in [0.15, 0.2) is 255 Å². The van der Waals surface area contributed by atoms with Crippen LogP contribution in [-0.2, 0) is 5.41 Å². The topological polar surface area (TPSA) is 48.5 Å². The zero-order valence-electron chi connectivity index (χ0n) is 38.5. The maximum atomic E-state index is 4.95. The highest BCUT2D eigenvalue weighted by Crippen LogP contribution is 2.54. The van der Waals surface area contributed by atoms with Gasteiger partial charge in [-0.1, -0.05) is 218 Å². The Hall–Kier alpha value is -9.19. The Morgan fingerprint density at radius 2 is 0.800 bits per heavy atom. The lowest BCUT2D eigenvalue weighted by molar-refractivity contribution is 0.728. The Morgan fingerprint density at radius 3 is 1.40 bits per heavy atom. The SMILES string of the molecule is Cc1nc(-c2ccccc2)nc(-n2c3ccc(-c4ccccc4)cc3c3cc(-c4ccccc4)ccc32)n1.c1ccc(C2(c3ccccc3)c3ccccc3-n3c4ccccc4c4cccc2c43)cc1. The smallest absolute Gasteiger partial charge is 0.238 e. The van der Waals surface area contributed by atoms with Crippen LogP contribution >= 0.6 is 0 Å². The number of hydrogen-bond donors (Lipinski definition) is 0. The first kappa shape index (κ1) is 41.0. The van der Waals surface area contributed by atoms with Crippen LogP contribution in [0.3, 0.4) is 0 Å². The Balaban J connectivity index is 0.000000139. The summed E-state index contributed by atoms with van der Waals surface area (Å²) < 4.78 is 4.63. The van der Waals surface area contributed by atoms with Gasteiger partial charge in [-0.2, -0.15) is 9.97 Å². The molecule has 0 saturated heterocycles. The molecule has 70 heavy (non-hydrogen) atoms. The summed E-state index contributed by atoms with van der Waals surface area (Å²) in [6.07, 6.45) is 0. The maximum Gasteiger partial charge on any atom is 0.238 e. The van der Waals surface area contributed by atoms with Gasteiger partial charge in [0.25, 0.3) is 0 Å². The third-order valence-corrected chi connectivity index (χ3v) is 14.0. The largest absolute Gasteiger partial charge is 0.309 e. The molecule has 5 nitrogen and oxygen atoms in total. The Labute approximate surface area is 406 Å². The second kappa shape index (κ2) is 16.8. The molecule has 0 atom stereocenters. The first-order chi connectivity index (χ1) is 34.6. The molecule has 0 unspecified atom stereocenters. The summed E-state index contributed by atoms with van der Waals surface area (Å²) in [7, 11) is 0. The summed E-state index contributed by atoms with van der Waals surface area (Å²) in [6.45, 7) is 1.92. The lowest BCUT2D eigenvalue weighted by atomic mass is 9.63. The molecule has 0 aliphatic carbocycles. The first-order valence-electron chi connectivity index (χ1n) is 23.9. The Bertz CT molecular complexity index is 3910. The lowest BCUT2D eigenvalue weighted by Crippen LogP contribution is -2.35. The van der Waals surface area contributed by atoms with E-state index in [1.54, 1.807) is 0 Å². The van der Waals surface area contributed by atoms with Crippen LogP contribution in [0.5, 0.6) is 0 Å². The van der Waals surface area contributed by atoms with Gasteiger partial charge in [0.1, 0.15) is 5.82 Å². The third kappa shape index (κ3) is 6.58. The van der Waals surface area contributed by atoms with Gasteiger partial charge in [-0.3, -0.25) is 4.57 Å². The fourth-order valence-corrected chi connectivity index (χ4v) is 11.0. The van der Waals surface area contributed by atoms with Gasteiger partial charge in [-0.15, -0.1) is 0 Å². The van der Waals surface area contributed by atoms with Crippen molar-refractivity contribution in [3.05, 3.63) is 283 Å². The minimum Gasteiger partial charge on any atom is -0.309 e. The van der Waals surface area contributed by atoms with E-state index in [1.807, 2.05) is 49.4 Å². The molecule has 10 aromatic carbocycles. The van der Waals surface area contributed by atoms with E-state index in [1.165, 1.54) is 82.8 Å². The van der Waals surface area contributed by atoms with E-state index in [0.717, 1.165) is 16.6 Å². The van der Waals surface area contributed by atoms with Crippen molar-refractivity contribution in [2.75, 3.05) is 0 Å². The summed E-state index contributed by atoms with van der Waals surface area (Å²) in [4.78, 5) is 14.4. The van der Waals surface area contributed by atoms with Gasteiger partial charge >= 0.3 is 0 Å². The van der Waals surface area contributed by atoms with E-state index in [4.69, 9.17) is 9.97 Å². The summed E-state index contributed by atoms with van der Waals surface area (Å²) in [6, 6.07) is 90.9. The van der Waals surface area contributed by atoms with Gasteiger partial charge in [0, 0.05) is 27.1 Å². The number of fused-ring (bicyclic) bond motifs is 8. The minimum absolute atomic E-state index is 0.386. The van der Waals surface area contributed by atoms with Crippen molar-refractivity contribution in [1.82, 2.24) is 24.1 Å². The Kier molecular flexibility index (Phi) is 9.88. The molecule has 14 rings (SSSR count). The van der Waals surface area contributed by atoms with Crippen molar-refractivity contribution in [3.8, 4) is 45.3 Å². The van der Waals surface area contributed by atoms with Gasteiger partial charge in [0.15, 0.2) is 5.82 Å². The van der Waals surface area contributed by atoms with E-state index < -0.39 is 0 Å². The Morgan fingerprint density at radius 1 is 0.329 bits per heavy atom. The fourth-order valence-electron chi connectivity index (χ4n) is 11.0. The molecule has 0 N–H and O–H groups in total. The average Bonchev–Trinajstić information content (AvgIpc) is 3.95. The van der Waals surface area contributed by atoms with E-state index in [-0.39, 0.29) is 5.41 Å². The van der Waals surface area contributed by atoms with E-state index >= 15 is 0 Å². The molecule has 1 aliphatic rings. The minimum atomic E-state index is -0.386. The maximum absolute atomic E-state index is 4.95. The zero-order valence-corrected chi connectivity index (χ0v) is 38.5. The van der Waals surface area contributed by atoms with Gasteiger partial charge in [0.05, 0.1) is 33.2 Å². The van der Waals surface area contributed by atoms with Crippen LogP contribution in [0.2, 0.25) is 0 Å². The van der Waals surface area contributed by atoms with Crippen molar-refractivity contribution in [2.45, 2.75) is 12.3 Å². The fraction of sp³-hybridized carbons (Fsp3) is 0.0308. The van der Waals surface area contributed by atoms with Crippen LogP contribution in [0.4, 0.5) is 0 Å². The summed E-state index contributed by atoms with van der Waals surface area (Å²) in [5.74, 6) is 1.98. The number of rotatable bonds is 6. The predicted molar refractivity (Wildman–Crippen MR) is 288 cm³/mol. The van der Waals surface area contributed by atoms with Crippen LogP contribution in [0.25, 0.3) is 88.9 Å². The molecule has 13 aromatic rings. The molecule has 3 aromatic heterocycles. The summed E-state index contributed by atoms with van der Waals surface area (Å²) in [5.41, 5.74) is 16.5. The first-order valence-corrected chi connectivity index (χ1v) is 23.9. The van der Waals surface area contributed by atoms with Gasteiger partial charge in [-0.05, 0) is 87.8 Å². The number of aryl methyl sites for hydroxylation is 1. The highest BCUT2D eigenvalue weighted by molar-refractivity contribution is 6.13. The molecule has 4 heterocycles. The predicted octanol–water partition coefficient (Wildman–Crippen LogP) is 15.8. The van der Waals surface area contributed by atoms with Gasteiger partial charge < -0.3 is 4.57 Å². The summed E-state index contributed by atoms with van der Waals surface area (Å²) in [5, 5.41) is 4.94. The molecule has 5 heteroatoms.